The van der Waals surface area contributed by atoms with Gasteiger partial charge in [-0.1, -0.05) is 18.5 Å². The van der Waals surface area contributed by atoms with Crippen LogP contribution in [0.4, 0.5) is 0 Å². The molecule has 0 spiro atoms. The van der Waals surface area contributed by atoms with Gasteiger partial charge in [0, 0.05) is 17.5 Å². The van der Waals surface area contributed by atoms with Gasteiger partial charge in [0.1, 0.15) is 0 Å². The molecule has 2 nitrogen and oxygen atoms in total. The molecular formula is C14H22ClNOS. The highest BCUT2D eigenvalue weighted by molar-refractivity contribution is 7.16. The van der Waals surface area contributed by atoms with Crippen LogP contribution in [0.25, 0.3) is 0 Å². The van der Waals surface area contributed by atoms with Crippen molar-refractivity contribution in [3.8, 4) is 0 Å². The minimum absolute atomic E-state index is 0.454. The van der Waals surface area contributed by atoms with Gasteiger partial charge in [0.15, 0.2) is 0 Å². The Balaban J connectivity index is 1.86. The zero-order valence-electron chi connectivity index (χ0n) is 11.0. The summed E-state index contributed by atoms with van der Waals surface area (Å²) in [6.07, 6.45) is 6.25. The van der Waals surface area contributed by atoms with E-state index in [0.29, 0.717) is 12.1 Å². The van der Waals surface area contributed by atoms with Crippen molar-refractivity contribution in [2.45, 2.75) is 51.2 Å². The Bertz CT molecular complexity index is 349. The second-order valence-electron chi connectivity index (χ2n) is 4.93. The third kappa shape index (κ3) is 4.54. The minimum Gasteiger partial charge on any atom is -0.378 e. The molecule has 0 aromatic carbocycles. The van der Waals surface area contributed by atoms with E-state index in [0.717, 1.165) is 30.3 Å². The van der Waals surface area contributed by atoms with Crippen LogP contribution in [-0.4, -0.2) is 25.3 Å². The van der Waals surface area contributed by atoms with Gasteiger partial charge >= 0.3 is 0 Å². The number of halogens is 1. The molecule has 1 N–H and O–H groups in total. The maximum absolute atomic E-state index is 5.99. The molecule has 1 fully saturated rings. The van der Waals surface area contributed by atoms with Gasteiger partial charge in [-0.15, -0.1) is 11.3 Å². The fourth-order valence-corrected chi connectivity index (χ4v) is 3.61. The monoisotopic (exact) mass is 287 g/mol. The maximum atomic E-state index is 5.99. The molecule has 2 atom stereocenters. The standard InChI is InChI=1S/C14H22ClNOS/c1-2-7-16-11(9-12-4-3-8-17-12)10-13-5-6-14(15)18-13/h5-6,11-12,16H,2-4,7-10H2,1H3. The van der Waals surface area contributed by atoms with E-state index in [1.807, 2.05) is 6.07 Å². The van der Waals surface area contributed by atoms with Gasteiger partial charge in [-0.25, -0.2) is 0 Å². The fourth-order valence-electron chi connectivity index (χ4n) is 2.44. The third-order valence-corrected chi connectivity index (χ3v) is 4.58. The van der Waals surface area contributed by atoms with Crippen LogP contribution in [0.1, 0.15) is 37.5 Å². The topological polar surface area (TPSA) is 21.3 Å². The number of nitrogens with one attached hydrogen (secondary N) is 1. The molecule has 4 heteroatoms. The molecule has 1 aromatic rings. The van der Waals surface area contributed by atoms with Crippen molar-refractivity contribution < 1.29 is 4.74 Å². The maximum Gasteiger partial charge on any atom is 0.0931 e. The average Bonchev–Trinajstić information content (AvgIpc) is 2.98. The van der Waals surface area contributed by atoms with E-state index in [2.05, 4.69) is 18.3 Å². The molecule has 0 saturated carbocycles. The van der Waals surface area contributed by atoms with E-state index >= 15 is 0 Å². The van der Waals surface area contributed by atoms with Crippen molar-refractivity contribution in [2.24, 2.45) is 0 Å². The Morgan fingerprint density at radius 3 is 3.06 bits per heavy atom. The van der Waals surface area contributed by atoms with Crippen molar-refractivity contribution in [2.75, 3.05) is 13.2 Å². The van der Waals surface area contributed by atoms with Crippen LogP contribution >= 0.6 is 22.9 Å². The molecule has 1 aliphatic rings. The Kier molecular flexibility index (Phi) is 5.96. The van der Waals surface area contributed by atoms with E-state index in [1.54, 1.807) is 11.3 Å². The van der Waals surface area contributed by atoms with Crippen LogP contribution in [0.5, 0.6) is 0 Å². The zero-order chi connectivity index (χ0) is 12.8. The molecule has 0 radical (unpaired) electrons. The summed E-state index contributed by atoms with van der Waals surface area (Å²) in [4.78, 5) is 1.37. The third-order valence-electron chi connectivity index (χ3n) is 3.33. The average molecular weight is 288 g/mol. The predicted molar refractivity (Wildman–Crippen MR) is 78.7 cm³/mol. The highest BCUT2D eigenvalue weighted by Crippen LogP contribution is 2.25. The van der Waals surface area contributed by atoms with E-state index in [-0.39, 0.29) is 0 Å². The molecule has 1 aliphatic heterocycles. The molecule has 1 aromatic heterocycles. The zero-order valence-corrected chi connectivity index (χ0v) is 12.5. The Morgan fingerprint density at radius 2 is 2.44 bits per heavy atom. The van der Waals surface area contributed by atoms with E-state index in [9.17, 15) is 0 Å². The predicted octanol–water partition coefficient (Wildman–Crippen LogP) is 3.88. The molecule has 1 saturated heterocycles. The molecule has 0 amide bonds. The summed E-state index contributed by atoms with van der Waals surface area (Å²) in [7, 11) is 0. The fraction of sp³-hybridized carbons (Fsp3) is 0.714. The summed E-state index contributed by atoms with van der Waals surface area (Å²) in [5, 5.41) is 3.64. The summed E-state index contributed by atoms with van der Waals surface area (Å²) in [6.45, 7) is 4.23. The number of rotatable bonds is 7. The smallest absolute Gasteiger partial charge is 0.0931 e. The minimum atomic E-state index is 0.454. The highest BCUT2D eigenvalue weighted by atomic mass is 35.5. The molecular weight excluding hydrogens is 266 g/mol. The Hall–Kier alpha value is -0.0900. The van der Waals surface area contributed by atoms with Crippen molar-refractivity contribution >= 4 is 22.9 Å². The molecule has 18 heavy (non-hydrogen) atoms. The summed E-state index contributed by atoms with van der Waals surface area (Å²) in [5.74, 6) is 0. The van der Waals surface area contributed by atoms with Crippen molar-refractivity contribution in [3.05, 3.63) is 21.3 Å². The molecule has 102 valence electrons. The molecule has 2 unspecified atom stereocenters. The first-order valence-corrected chi connectivity index (χ1v) is 8.06. The Morgan fingerprint density at radius 1 is 1.56 bits per heavy atom. The first-order chi connectivity index (χ1) is 8.78. The second-order valence-corrected chi connectivity index (χ2v) is 6.73. The summed E-state index contributed by atoms with van der Waals surface area (Å²) in [5.41, 5.74) is 0. The largest absolute Gasteiger partial charge is 0.378 e. The van der Waals surface area contributed by atoms with Crippen LogP contribution in [0.2, 0.25) is 4.34 Å². The number of hydrogen-bond donors (Lipinski definition) is 1. The van der Waals surface area contributed by atoms with Crippen LogP contribution in [-0.2, 0) is 11.2 Å². The Labute approximate surface area is 119 Å². The number of thiophene rings is 1. The number of ether oxygens (including phenoxy) is 1. The molecule has 2 rings (SSSR count). The lowest BCUT2D eigenvalue weighted by atomic mass is 10.0. The highest BCUT2D eigenvalue weighted by Gasteiger charge is 2.21. The van der Waals surface area contributed by atoms with Crippen LogP contribution in [0.3, 0.4) is 0 Å². The van der Waals surface area contributed by atoms with Gasteiger partial charge in [0.05, 0.1) is 10.4 Å². The van der Waals surface area contributed by atoms with E-state index in [1.165, 1.54) is 24.1 Å². The van der Waals surface area contributed by atoms with Crippen LogP contribution in [0, 0.1) is 0 Å². The molecule has 2 heterocycles. The summed E-state index contributed by atoms with van der Waals surface area (Å²) in [6, 6.07) is 4.65. The summed E-state index contributed by atoms with van der Waals surface area (Å²) >= 11 is 7.68. The van der Waals surface area contributed by atoms with Crippen molar-refractivity contribution in [3.63, 3.8) is 0 Å². The lowest BCUT2D eigenvalue weighted by molar-refractivity contribution is 0.0946. The van der Waals surface area contributed by atoms with Gasteiger partial charge in [-0.05, 0) is 50.8 Å². The van der Waals surface area contributed by atoms with Gasteiger partial charge in [0.25, 0.3) is 0 Å². The van der Waals surface area contributed by atoms with Gasteiger partial charge in [-0.2, -0.15) is 0 Å². The van der Waals surface area contributed by atoms with Crippen molar-refractivity contribution in [1.29, 1.82) is 0 Å². The van der Waals surface area contributed by atoms with E-state index < -0.39 is 0 Å². The van der Waals surface area contributed by atoms with Crippen LogP contribution in [0.15, 0.2) is 12.1 Å². The van der Waals surface area contributed by atoms with Crippen molar-refractivity contribution in [1.82, 2.24) is 5.32 Å². The normalized spacial score (nSPS) is 21.3. The van der Waals surface area contributed by atoms with E-state index in [4.69, 9.17) is 16.3 Å². The van der Waals surface area contributed by atoms with Crippen LogP contribution < -0.4 is 5.32 Å². The first-order valence-electron chi connectivity index (χ1n) is 6.87. The van der Waals surface area contributed by atoms with Gasteiger partial charge in [0.2, 0.25) is 0 Å². The second kappa shape index (κ2) is 7.49. The molecule has 0 aliphatic carbocycles. The van der Waals surface area contributed by atoms with Gasteiger partial charge < -0.3 is 10.1 Å². The quantitative estimate of drug-likeness (QED) is 0.822. The number of hydrogen-bond acceptors (Lipinski definition) is 3. The van der Waals surface area contributed by atoms with Gasteiger partial charge in [-0.3, -0.25) is 0 Å². The SMILES string of the molecule is CCCNC(Cc1ccc(Cl)s1)CC1CCCO1. The lowest BCUT2D eigenvalue weighted by Gasteiger charge is -2.21. The first kappa shape index (κ1) is 14.3. The summed E-state index contributed by atoms with van der Waals surface area (Å²) < 4.78 is 6.63. The molecule has 0 bridgehead atoms. The lowest BCUT2D eigenvalue weighted by Crippen LogP contribution is -2.34.